The van der Waals surface area contributed by atoms with Gasteiger partial charge in [-0.2, -0.15) is 5.10 Å². The van der Waals surface area contributed by atoms with Crippen LogP contribution in [0.3, 0.4) is 0 Å². The first-order chi connectivity index (χ1) is 11.9. The normalized spacial score (nSPS) is 12.0. The molecule has 0 aliphatic heterocycles. The molecule has 0 aliphatic rings. The number of nitrogens with one attached hydrogen (secondary N) is 1. The summed E-state index contributed by atoms with van der Waals surface area (Å²) in [6, 6.07) is 5.52. The third-order valence-electron chi connectivity index (χ3n) is 3.74. The highest BCUT2D eigenvalue weighted by Gasteiger charge is 2.17. The van der Waals surface area contributed by atoms with Gasteiger partial charge < -0.3 is 4.74 Å². The van der Waals surface area contributed by atoms with E-state index in [4.69, 9.17) is 4.74 Å². The van der Waals surface area contributed by atoms with E-state index in [9.17, 15) is 9.18 Å². The number of thiazole rings is 1. The van der Waals surface area contributed by atoms with Crippen molar-refractivity contribution in [1.82, 2.24) is 14.8 Å². The van der Waals surface area contributed by atoms with Crippen molar-refractivity contribution in [3.8, 4) is 17.0 Å². The maximum atomic E-state index is 12.9. The maximum absolute atomic E-state index is 12.9. The number of amides is 1. The molecule has 1 atom stereocenters. The van der Waals surface area contributed by atoms with E-state index in [1.54, 1.807) is 17.8 Å². The number of aromatic nitrogens is 3. The number of hydrogen-bond acceptors (Lipinski definition) is 5. The molecule has 25 heavy (non-hydrogen) atoms. The van der Waals surface area contributed by atoms with Crippen LogP contribution in [0.4, 0.5) is 9.52 Å². The Kier molecular flexibility index (Phi) is 4.80. The lowest BCUT2D eigenvalue weighted by molar-refractivity contribution is -0.122. The van der Waals surface area contributed by atoms with Gasteiger partial charge in [0.15, 0.2) is 11.2 Å². The van der Waals surface area contributed by atoms with Crippen molar-refractivity contribution in [2.75, 3.05) is 5.32 Å². The number of anilines is 1. The molecule has 0 spiro atoms. The summed E-state index contributed by atoms with van der Waals surface area (Å²) < 4.78 is 20.2. The highest BCUT2D eigenvalue weighted by Crippen LogP contribution is 2.27. The number of benzene rings is 1. The molecule has 0 saturated heterocycles. The Morgan fingerprint density at radius 3 is 2.72 bits per heavy atom. The molecule has 0 saturated carbocycles. The highest BCUT2D eigenvalue weighted by atomic mass is 32.1. The molecule has 8 heteroatoms. The minimum absolute atomic E-state index is 0.326. The van der Waals surface area contributed by atoms with E-state index in [0.717, 1.165) is 17.0 Å². The number of carbonyl (C=O) groups is 1. The standard InChI is InChI=1S/C17H17FN4O2S/c1-10-14(8-19-22(10)3)15-9-25-17(20-15)21-16(23)11(2)24-13-6-4-12(18)5-7-13/h4-9,11H,1-3H3,(H,20,21,23)/t11-/m1/s1. The predicted molar refractivity (Wildman–Crippen MR) is 94.2 cm³/mol. The Morgan fingerprint density at radius 1 is 1.36 bits per heavy atom. The average molecular weight is 360 g/mol. The molecule has 2 heterocycles. The number of carbonyl (C=O) groups excluding carboxylic acids is 1. The molecule has 130 valence electrons. The number of nitrogens with zero attached hydrogens (tertiary/aromatic N) is 3. The summed E-state index contributed by atoms with van der Waals surface area (Å²) in [6.07, 6.45) is 1.01. The van der Waals surface area contributed by atoms with Gasteiger partial charge >= 0.3 is 0 Å². The third kappa shape index (κ3) is 3.85. The zero-order chi connectivity index (χ0) is 18.0. The van der Waals surface area contributed by atoms with Gasteiger partial charge in [-0.3, -0.25) is 14.8 Å². The monoisotopic (exact) mass is 360 g/mol. The van der Waals surface area contributed by atoms with Gasteiger partial charge in [0.1, 0.15) is 11.6 Å². The summed E-state index contributed by atoms with van der Waals surface area (Å²) in [5, 5.41) is 9.27. The van der Waals surface area contributed by atoms with Gasteiger partial charge in [0.05, 0.1) is 11.9 Å². The summed E-state index contributed by atoms with van der Waals surface area (Å²) in [5.74, 6) is -0.256. The lowest BCUT2D eigenvalue weighted by Gasteiger charge is -2.13. The minimum atomic E-state index is -0.738. The van der Waals surface area contributed by atoms with Gasteiger partial charge in [0, 0.05) is 23.7 Å². The molecular weight excluding hydrogens is 343 g/mol. The van der Waals surface area contributed by atoms with Crippen LogP contribution in [0.15, 0.2) is 35.8 Å². The van der Waals surface area contributed by atoms with Crippen molar-refractivity contribution >= 4 is 22.4 Å². The SMILES string of the molecule is Cc1c(-c2csc(NC(=O)[C@@H](C)Oc3ccc(F)cc3)n2)cnn1C. The number of halogens is 1. The van der Waals surface area contributed by atoms with E-state index in [1.807, 2.05) is 19.4 Å². The Balaban J connectivity index is 1.65. The fraction of sp³-hybridized carbons (Fsp3) is 0.235. The van der Waals surface area contributed by atoms with Crippen LogP contribution in [0.2, 0.25) is 0 Å². The molecule has 0 radical (unpaired) electrons. The molecule has 6 nitrogen and oxygen atoms in total. The van der Waals surface area contributed by atoms with Crippen LogP contribution >= 0.6 is 11.3 Å². The van der Waals surface area contributed by atoms with E-state index < -0.39 is 6.10 Å². The van der Waals surface area contributed by atoms with Crippen molar-refractivity contribution in [2.45, 2.75) is 20.0 Å². The zero-order valence-electron chi connectivity index (χ0n) is 14.0. The van der Waals surface area contributed by atoms with E-state index >= 15 is 0 Å². The number of ether oxygens (including phenoxy) is 1. The van der Waals surface area contributed by atoms with Gasteiger partial charge in [-0.15, -0.1) is 11.3 Å². The second-order valence-electron chi connectivity index (χ2n) is 5.51. The predicted octanol–water partition coefficient (Wildman–Crippen LogP) is 3.40. The van der Waals surface area contributed by atoms with Crippen LogP contribution in [0, 0.1) is 12.7 Å². The molecule has 1 aromatic carbocycles. The van der Waals surface area contributed by atoms with Crippen LogP contribution in [-0.2, 0) is 11.8 Å². The van der Waals surface area contributed by atoms with Crippen molar-refractivity contribution in [3.05, 3.63) is 47.4 Å². The molecule has 3 aromatic rings. The molecule has 0 fully saturated rings. The van der Waals surface area contributed by atoms with Crippen LogP contribution in [0.25, 0.3) is 11.3 Å². The van der Waals surface area contributed by atoms with Gasteiger partial charge in [0.2, 0.25) is 0 Å². The minimum Gasteiger partial charge on any atom is -0.481 e. The smallest absolute Gasteiger partial charge is 0.266 e. The molecule has 0 aliphatic carbocycles. The second kappa shape index (κ2) is 7.02. The molecule has 1 amide bonds. The van der Waals surface area contributed by atoms with E-state index in [0.29, 0.717) is 10.9 Å². The topological polar surface area (TPSA) is 69.0 Å². The molecule has 0 unspecified atom stereocenters. The first-order valence-electron chi connectivity index (χ1n) is 7.61. The van der Waals surface area contributed by atoms with E-state index in [-0.39, 0.29) is 11.7 Å². The summed E-state index contributed by atoms with van der Waals surface area (Å²) in [6.45, 7) is 3.58. The Hall–Kier alpha value is -2.74. The van der Waals surface area contributed by atoms with Crippen LogP contribution < -0.4 is 10.1 Å². The highest BCUT2D eigenvalue weighted by molar-refractivity contribution is 7.14. The number of hydrogen-bond donors (Lipinski definition) is 1. The largest absolute Gasteiger partial charge is 0.481 e. The quantitative estimate of drug-likeness (QED) is 0.757. The van der Waals surface area contributed by atoms with E-state index in [2.05, 4.69) is 15.4 Å². The van der Waals surface area contributed by atoms with Gasteiger partial charge in [-0.05, 0) is 38.1 Å². The van der Waals surface area contributed by atoms with Gasteiger partial charge in [0.25, 0.3) is 5.91 Å². The van der Waals surface area contributed by atoms with Crippen molar-refractivity contribution in [1.29, 1.82) is 0 Å². The summed E-state index contributed by atoms with van der Waals surface area (Å²) >= 11 is 1.33. The lowest BCUT2D eigenvalue weighted by Crippen LogP contribution is -2.30. The van der Waals surface area contributed by atoms with Crippen molar-refractivity contribution in [2.24, 2.45) is 7.05 Å². The summed E-state index contributed by atoms with van der Waals surface area (Å²) in [7, 11) is 1.86. The van der Waals surface area contributed by atoms with Crippen LogP contribution in [-0.4, -0.2) is 26.8 Å². The van der Waals surface area contributed by atoms with Crippen LogP contribution in [0.1, 0.15) is 12.6 Å². The first kappa shape index (κ1) is 17.1. The number of aryl methyl sites for hydroxylation is 1. The first-order valence-corrected chi connectivity index (χ1v) is 8.49. The molecule has 3 rings (SSSR count). The Labute approximate surface area is 148 Å². The fourth-order valence-electron chi connectivity index (χ4n) is 2.18. The van der Waals surface area contributed by atoms with Crippen molar-refractivity contribution in [3.63, 3.8) is 0 Å². The fourth-order valence-corrected chi connectivity index (χ4v) is 2.90. The maximum Gasteiger partial charge on any atom is 0.266 e. The summed E-state index contributed by atoms with van der Waals surface area (Å²) in [4.78, 5) is 16.7. The van der Waals surface area contributed by atoms with E-state index in [1.165, 1.54) is 35.6 Å². The third-order valence-corrected chi connectivity index (χ3v) is 4.50. The molecule has 0 bridgehead atoms. The van der Waals surface area contributed by atoms with Gasteiger partial charge in [-0.1, -0.05) is 0 Å². The lowest BCUT2D eigenvalue weighted by atomic mass is 10.2. The Morgan fingerprint density at radius 2 is 2.08 bits per heavy atom. The average Bonchev–Trinajstić information content (AvgIpc) is 3.17. The molecular formula is C17H17FN4O2S. The zero-order valence-corrected chi connectivity index (χ0v) is 14.8. The number of rotatable bonds is 5. The molecule has 1 N–H and O–H groups in total. The second-order valence-corrected chi connectivity index (χ2v) is 6.37. The van der Waals surface area contributed by atoms with Gasteiger partial charge in [-0.25, -0.2) is 9.37 Å². The van der Waals surface area contributed by atoms with Crippen molar-refractivity contribution < 1.29 is 13.9 Å². The Bertz CT molecular complexity index is 888. The van der Waals surface area contributed by atoms with Crippen LogP contribution in [0.5, 0.6) is 5.75 Å². The molecule has 2 aromatic heterocycles. The summed E-state index contributed by atoms with van der Waals surface area (Å²) in [5.41, 5.74) is 2.68.